The smallest absolute Gasteiger partial charge is 0.119 e. The Morgan fingerprint density at radius 3 is 2.24 bits per heavy atom. The first-order valence-corrected chi connectivity index (χ1v) is 11.8. The fraction of sp³-hybridized carbons (Fsp3) is 0.429. The highest BCUT2D eigenvalue weighted by Crippen LogP contribution is 2.28. The van der Waals surface area contributed by atoms with Crippen molar-refractivity contribution in [2.75, 3.05) is 31.6 Å². The lowest BCUT2D eigenvalue weighted by atomic mass is 9.87. The number of nitrogens with zero attached hydrogens (tertiary/aromatic N) is 2. The Morgan fingerprint density at radius 1 is 0.941 bits per heavy atom. The number of hydrogen-bond acceptors (Lipinski definition) is 4. The Kier molecular flexibility index (Phi) is 10.5. The topological polar surface area (TPSA) is 35.9 Å². The zero-order valence-electron chi connectivity index (χ0n) is 20.4. The summed E-state index contributed by atoms with van der Waals surface area (Å²) in [6.07, 6.45) is 2.63. The summed E-state index contributed by atoms with van der Waals surface area (Å²) in [6.45, 7) is 7.74. The van der Waals surface area contributed by atoms with Crippen LogP contribution in [0.3, 0.4) is 0 Å². The van der Waals surface area contributed by atoms with Crippen LogP contribution in [0.1, 0.15) is 38.7 Å². The van der Waals surface area contributed by atoms with Crippen LogP contribution in [0.4, 0.5) is 5.69 Å². The molecule has 0 amide bonds. The second-order valence-corrected chi connectivity index (χ2v) is 9.51. The normalized spacial score (nSPS) is 15.4. The van der Waals surface area contributed by atoms with Crippen LogP contribution in [0.25, 0.3) is 10.8 Å². The van der Waals surface area contributed by atoms with Gasteiger partial charge in [-0.1, -0.05) is 36.4 Å². The van der Waals surface area contributed by atoms with E-state index in [1.807, 2.05) is 26.0 Å². The van der Waals surface area contributed by atoms with Crippen molar-refractivity contribution >= 4 is 41.3 Å². The van der Waals surface area contributed by atoms with Crippen LogP contribution in [0.5, 0.6) is 5.75 Å². The first kappa shape index (κ1) is 28.3. The Bertz CT molecular complexity index is 1020. The van der Waals surface area contributed by atoms with Gasteiger partial charge in [0.05, 0.1) is 11.7 Å². The molecule has 34 heavy (non-hydrogen) atoms. The van der Waals surface area contributed by atoms with Gasteiger partial charge in [0.1, 0.15) is 5.75 Å². The number of ether oxygens (including phenoxy) is 1. The molecule has 4 nitrogen and oxygen atoms in total. The quantitative estimate of drug-likeness (QED) is 0.389. The van der Waals surface area contributed by atoms with Gasteiger partial charge in [0.15, 0.2) is 0 Å². The highest BCUT2D eigenvalue weighted by molar-refractivity contribution is 5.85. The van der Waals surface area contributed by atoms with Crippen LogP contribution >= 0.6 is 24.8 Å². The molecule has 1 N–H and O–H groups in total. The fourth-order valence-electron chi connectivity index (χ4n) is 4.53. The molecule has 1 saturated heterocycles. The van der Waals surface area contributed by atoms with Crippen LogP contribution in [-0.4, -0.2) is 48.4 Å². The second-order valence-electron chi connectivity index (χ2n) is 9.51. The molecule has 1 aliphatic rings. The second kappa shape index (κ2) is 12.6. The maximum Gasteiger partial charge on any atom is 0.119 e. The van der Waals surface area contributed by atoms with E-state index in [9.17, 15) is 5.11 Å². The van der Waals surface area contributed by atoms with Gasteiger partial charge >= 0.3 is 0 Å². The van der Waals surface area contributed by atoms with E-state index in [0.29, 0.717) is 0 Å². The van der Waals surface area contributed by atoms with E-state index in [0.717, 1.165) is 56.9 Å². The minimum Gasteiger partial charge on any atom is -0.491 e. The molecule has 0 atom stereocenters. The lowest BCUT2D eigenvalue weighted by Gasteiger charge is -2.39. The average Bonchev–Trinajstić information content (AvgIpc) is 2.79. The van der Waals surface area contributed by atoms with Gasteiger partial charge in [-0.2, -0.15) is 0 Å². The fourth-order valence-corrected chi connectivity index (χ4v) is 4.53. The average molecular weight is 506 g/mol. The minimum absolute atomic E-state index is 0. The van der Waals surface area contributed by atoms with Gasteiger partial charge in [-0.05, 0) is 79.8 Å². The Balaban J connectivity index is 0.00000204. The molecule has 0 unspecified atom stereocenters. The lowest BCUT2D eigenvalue weighted by molar-refractivity contribution is -0.0275. The highest BCUT2D eigenvalue weighted by Gasteiger charge is 2.32. The standard InChI is InChI=1S/C28H36N2O2.2ClH/c1-22(2)32-27-12-10-26(11-13-27)29(3)17-14-28(31)15-18-30(19-16-28)21-23-8-9-24-6-4-5-7-25(24)20-23;;/h4-13,20,22,31H,14-19,21H2,1-3H3;2*1H. The molecule has 0 aromatic heterocycles. The summed E-state index contributed by atoms with van der Waals surface area (Å²) in [6, 6.07) is 23.5. The third-order valence-electron chi connectivity index (χ3n) is 6.57. The number of piperidine rings is 1. The number of aliphatic hydroxyl groups is 1. The maximum absolute atomic E-state index is 11.2. The SMILES string of the molecule is CC(C)Oc1ccc(N(C)CCC2(O)CCN(Cc3ccc4ccccc4c3)CC2)cc1.Cl.Cl. The first-order valence-electron chi connectivity index (χ1n) is 11.8. The molecule has 0 radical (unpaired) electrons. The predicted molar refractivity (Wildman–Crippen MR) is 148 cm³/mol. The Labute approximate surface area is 216 Å². The number of fused-ring (bicyclic) bond motifs is 1. The summed E-state index contributed by atoms with van der Waals surface area (Å²) in [7, 11) is 2.09. The van der Waals surface area contributed by atoms with Crippen molar-refractivity contribution < 1.29 is 9.84 Å². The molecule has 1 aliphatic heterocycles. The number of rotatable bonds is 8. The summed E-state index contributed by atoms with van der Waals surface area (Å²) in [5.74, 6) is 0.898. The molecular formula is C28H38Cl2N2O2. The summed E-state index contributed by atoms with van der Waals surface area (Å²) < 4.78 is 5.73. The zero-order chi connectivity index (χ0) is 22.6. The van der Waals surface area contributed by atoms with E-state index < -0.39 is 5.60 Å². The van der Waals surface area contributed by atoms with Crippen molar-refractivity contribution in [1.82, 2.24) is 4.90 Å². The number of hydrogen-bond donors (Lipinski definition) is 1. The zero-order valence-corrected chi connectivity index (χ0v) is 22.1. The predicted octanol–water partition coefficient (Wildman–Crippen LogP) is 6.32. The number of halogens is 2. The summed E-state index contributed by atoms with van der Waals surface area (Å²) in [5, 5.41) is 13.7. The molecular weight excluding hydrogens is 467 g/mol. The molecule has 3 aromatic rings. The lowest BCUT2D eigenvalue weighted by Crippen LogP contribution is -2.45. The third kappa shape index (κ3) is 7.51. The summed E-state index contributed by atoms with van der Waals surface area (Å²) >= 11 is 0. The van der Waals surface area contributed by atoms with Crippen molar-refractivity contribution in [3.63, 3.8) is 0 Å². The molecule has 186 valence electrons. The molecule has 1 heterocycles. The van der Waals surface area contributed by atoms with Crippen molar-refractivity contribution in [1.29, 1.82) is 0 Å². The monoisotopic (exact) mass is 504 g/mol. The number of anilines is 1. The first-order chi connectivity index (χ1) is 15.4. The Hall–Kier alpha value is -1.98. The van der Waals surface area contributed by atoms with Crippen LogP contribution in [0, 0.1) is 0 Å². The minimum atomic E-state index is -0.575. The summed E-state index contributed by atoms with van der Waals surface area (Å²) in [5.41, 5.74) is 1.92. The van der Waals surface area contributed by atoms with E-state index >= 15 is 0 Å². The molecule has 0 bridgehead atoms. The number of benzene rings is 3. The van der Waals surface area contributed by atoms with Crippen LogP contribution in [0.15, 0.2) is 66.7 Å². The van der Waals surface area contributed by atoms with Crippen molar-refractivity contribution in [2.45, 2.75) is 51.4 Å². The van der Waals surface area contributed by atoms with E-state index in [1.54, 1.807) is 0 Å². The molecule has 6 heteroatoms. The van der Waals surface area contributed by atoms with Gasteiger partial charge < -0.3 is 14.7 Å². The van der Waals surface area contributed by atoms with Crippen LogP contribution in [-0.2, 0) is 6.54 Å². The van der Waals surface area contributed by atoms with Gasteiger partial charge in [-0.15, -0.1) is 24.8 Å². The highest BCUT2D eigenvalue weighted by atomic mass is 35.5. The van der Waals surface area contributed by atoms with E-state index in [-0.39, 0.29) is 30.9 Å². The van der Waals surface area contributed by atoms with Crippen molar-refractivity contribution in [2.24, 2.45) is 0 Å². The van der Waals surface area contributed by atoms with E-state index in [1.165, 1.54) is 16.3 Å². The van der Waals surface area contributed by atoms with Crippen molar-refractivity contribution in [3.05, 3.63) is 72.3 Å². The largest absolute Gasteiger partial charge is 0.491 e. The van der Waals surface area contributed by atoms with E-state index in [2.05, 4.69) is 71.4 Å². The molecule has 4 rings (SSSR count). The summed E-state index contributed by atoms with van der Waals surface area (Å²) in [4.78, 5) is 4.69. The molecule has 1 fully saturated rings. The van der Waals surface area contributed by atoms with Gasteiger partial charge in [0, 0.05) is 38.9 Å². The Morgan fingerprint density at radius 2 is 1.59 bits per heavy atom. The van der Waals surface area contributed by atoms with Gasteiger partial charge in [-0.3, -0.25) is 4.90 Å². The molecule has 0 saturated carbocycles. The van der Waals surface area contributed by atoms with Gasteiger partial charge in [-0.25, -0.2) is 0 Å². The van der Waals surface area contributed by atoms with E-state index in [4.69, 9.17) is 4.74 Å². The third-order valence-corrected chi connectivity index (χ3v) is 6.57. The van der Waals surface area contributed by atoms with Crippen molar-refractivity contribution in [3.8, 4) is 5.75 Å². The van der Waals surface area contributed by atoms with Gasteiger partial charge in [0.25, 0.3) is 0 Å². The molecule has 0 spiro atoms. The molecule has 0 aliphatic carbocycles. The van der Waals surface area contributed by atoms with Crippen LogP contribution in [0.2, 0.25) is 0 Å². The number of likely N-dealkylation sites (tertiary alicyclic amines) is 1. The maximum atomic E-state index is 11.2. The molecule has 3 aromatic carbocycles. The van der Waals surface area contributed by atoms with Crippen LogP contribution < -0.4 is 9.64 Å². The van der Waals surface area contributed by atoms with Gasteiger partial charge in [0.2, 0.25) is 0 Å².